The Morgan fingerprint density at radius 1 is 1.16 bits per heavy atom. The van der Waals surface area contributed by atoms with Gasteiger partial charge < -0.3 is 14.5 Å². The highest BCUT2D eigenvalue weighted by Crippen LogP contribution is 2.67. The van der Waals surface area contributed by atoms with E-state index < -0.39 is 18.6 Å². The third-order valence-corrected chi connectivity index (χ3v) is 11.0. The van der Waals surface area contributed by atoms with E-state index in [2.05, 4.69) is 13.8 Å². The fourth-order valence-corrected chi connectivity index (χ4v) is 8.77. The van der Waals surface area contributed by atoms with Gasteiger partial charge in [-0.05, 0) is 81.1 Å². The summed E-state index contributed by atoms with van der Waals surface area (Å²) in [5.74, 6) is 1.15. The molecule has 3 saturated carbocycles. The molecule has 0 bridgehead atoms. The van der Waals surface area contributed by atoms with E-state index in [1.807, 2.05) is 6.08 Å². The first-order valence-corrected chi connectivity index (χ1v) is 13.7. The summed E-state index contributed by atoms with van der Waals surface area (Å²) in [5, 5.41) is 11.6. The molecule has 4 aliphatic rings. The first-order valence-electron chi connectivity index (χ1n) is 11.9. The predicted molar refractivity (Wildman–Crippen MR) is 118 cm³/mol. The minimum absolute atomic E-state index is 0.0594. The van der Waals surface area contributed by atoms with Crippen LogP contribution >= 0.6 is 7.60 Å². The lowest BCUT2D eigenvalue weighted by Crippen LogP contribution is -2.57. The van der Waals surface area contributed by atoms with E-state index in [0.717, 1.165) is 38.5 Å². The maximum absolute atomic E-state index is 13.2. The fourth-order valence-electron chi connectivity index (χ4n) is 7.75. The van der Waals surface area contributed by atoms with Gasteiger partial charge in [-0.2, -0.15) is 0 Å². The van der Waals surface area contributed by atoms with Crippen LogP contribution in [0.1, 0.15) is 78.6 Å². The Morgan fingerprint density at radius 2 is 1.87 bits per heavy atom. The lowest BCUT2D eigenvalue weighted by atomic mass is 9.46. The fraction of sp³-hybridized carbons (Fsp3) is 0.833. The standard InChI is InChI=1S/C24H37O6P/c1-4-30-31(28,29)14-10-21(26)24(27)13-9-20-18-6-5-16-15-17(25)7-11-22(16,2)19(18)8-12-23(20,24)3/h15,18-20,27H,4-14H2,1-3H3,(H,28,29)/t18-,19+,20+,22+,23+,24+/m1/s1. The van der Waals surface area contributed by atoms with Crippen LogP contribution < -0.4 is 0 Å². The number of rotatable bonds is 6. The van der Waals surface area contributed by atoms with E-state index in [9.17, 15) is 24.2 Å². The summed E-state index contributed by atoms with van der Waals surface area (Å²) in [6, 6.07) is 0. The Labute approximate surface area is 185 Å². The van der Waals surface area contributed by atoms with Gasteiger partial charge in [0, 0.05) is 18.3 Å². The van der Waals surface area contributed by atoms with Gasteiger partial charge in [0.15, 0.2) is 11.6 Å². The number of fused-ring (bicyclic) bond motifs is 5. The molecule has 0 aromatic rings. The molecule has 0 amide bonds. The number of aliphatic hydroxyl groups is 1. The van der Waals surface area contributed by atoms with Crippen LogP contribution in [-0.2, 0) is 18.7 Å². The number of hydrogen-bond donors (Lipinski definition) is 2. The Kier molecular flexibility index (Phi) is 5.95. The number of carbonyl (C=O) groups is 2. The topological polar surface area (TPSA) is 101 Å². The van der Waals surface area contributed by atoms with E-state index in [-0.39, 0.29) is 42.1 Å². The normalized spacial score (nSPS) is 44.0. The highest BCUT2D eigenvalue weighted by Gasteiger charge is 2.66. The van der Waals surface area contributed by atoms with Gasteiger partial charge in [0.05, 0.1) is 12.8 Å². The summed E-state index contributed by atoms with van der Waals surface area (Å²) in [6.07, 6.45) is 7.98. The average molecular weight is 453 g/mol. The predicted octanol–water partition coefficient (Wildman–Crippen LogP) is 4.43. The molecule has 7 heteroatoms. The second kappa shape index (κ2) is 7.90. The molecular weight excluding hydrogens is 415 g/mol. The van der Waals surface area contributed by atoms with E-state index in [1.54, 1.807) is 6.92 Å². The maximum atomic E-state index is 13.2. The zero-order valence-electron chi connectivity index (χ0n) is 19.1. The lowest BCUT2D eigenvalue weighted by molar-refractivity contribution is -0.161. The molecule has 0 aromatic heterocycles. The largest absolute Gasteiger partial charge is 0.381 e. The van der Waals surface area contributed by atoms with Crippen LogP contribution in [0.4, 0.5) is 0 Å². The zero-order valence-corrected chi connectivity index (χ0v) is 20.0. The molecule has 7 atom stereocenters. The number of hydrogen-bond acceptors (Lipinski definition) is 5. The van der Waals surface area contributed by atoms with Crippen LogP contribution in [0.2, 0.25) is 0 Å². The number of allylic oxidation sites excluding steroid dienone is 1. The van der Waals surface area contributed by atoms with Crippen LogP contribution in [0.5, 0.6) is 0 Å². The third-order valence-electron chi connectivity index (χ3n) is 9.53. The Morgan fingerprint density at radius 3 is 2.58 bits per heavy atom. The molecule has 31 heavy (non-hydrogen) atoms. The molecule has 0 spiro atoms. The van der Waals surface area contributed by atoms with Crippen LogP contribution in [0.25, 0.3) is 0 Å². The van der Waals surface area contributed by atoms with Crippen molar-refractivity contribution in [1.82, 2.24) is 0 Å². The van der Waals surface area contributed by atoms with E-state index in [0.29, 0.717) is 24.7 Å². The van der Waals surface area contributed by atoms with Gasteiger partial charge in [0.2, 0.25) is 0 Å². The molecule has 3 fully saturated rings. The molecule has 174 valence electrons. The van der Waals surface area contributed by atoms with Gasteiger partial charge in [-0.1, -0.05) is 19.4 Å². The molecule has 0 aliphatic heterocycles. The lowest BCUT2D eigenvalue weighted by Gasteiger charge is -2.58. The van der Waals surface area contributed by atoms with Crippen LogP contribution in [-0.4, -0.2) is 39.9 Å². The quantitative estimate of drug-likeness (QED) is 0.578. The maximum Gasteiger partial charge on any atom is 0.328 e. The van der Waals surface area contributed by atoms with Crippen LogP contribution in [0.15, 0.2) is 11.6 Å². The van der Waals surface area contributed by atoms with Crippen molar-refractivity contribution in [2.24, 2.45) is 28.6 Å². The zero-order chi connectivity index (χ0) is 22.7. The Balaban J connectivity index is 1.54. The molecule has 0 saturated heterocycles. The van der Waals surface area contributed by atoms with Crippen molar-refractivity contribution in [3.8, 4) is 0 Å². The number of carbonyl (C=O) groups excluding carboxylic acids is 2. The van der Waals surface area contributed by atoms with Crippen molar-refractivity contribution < 1.29 is 28.7 Å². The van der Waals surface area contributed by atoms with Crippen molar-refractivity contribution in [2.45, 2.75) is 84.2 Å². The highest BCUT2D eigenvalue weighted by atomic mass is 31.2. The van der Waals surface area contributed by atoms with Gasteiger partial charge in [-0.15, -0.1) is 0 Å². The van der Waals surface area contributed by atoms with Crippen molar-refractivity contribution in [3.63, 3.8) is 0 Å². The summed E-state index contributed by atoms with van der Waals surface area (Å²) in [6.45, 7) is 6.16. The van der Waals surface area contributed by atoms with Gasteiger partial charge in [0.1, 0.15) is 5.60 Å². The third kappa shape index (κ3) is 3.62. The van der Waals surface area contributed by atoms with Gasteiger partial charge >= 0.3 is 7.60 Å². The SMILES string of the molecule is CCOP(=O)(O)CCC(=O)[C@@]1(O)CC[C@H]2[C@@H]3CCC4=CC(=O)CC[C@]4(C)[C@H]3CC[C@@]21C. The van der Waals surface area contributed by atoms with E-state index >= 15 is 0 Å². The summed E-state index contributed by atoms with van der Waals surface area (Å²) in [4.78, 5) is 35.0. The van der Waals surface area contributed by atoms with E-state index in [4.69, 9.17) is 4.52 Å². The first kappa shape index (κ1) is 23.4. The van der Waals surface area contributed by atoms with Crippen molar-refractivity contribution >= 4 is 19.2 Å². The van der Waals surface area contributed by atoms with Crippen molar-refractivity contribution in [3.05, 3.63) is 11.6 Å². The highest BCUT2D eigenvalue weighted by molar-refractivity contribution is 7.52. The van der Waals surface area contributed by atoms with Gasteiger partial charge in [0.25, 0.3) is 0 Å². The summed E-state index contributed by atoms with van der Waals surface area (Å²) < 4.78 is 16.9. The second-order valence-corrected chi connectivity index (χ2v) is 12.8. The van der Waals surface area contributed by atoms with Crippen molar-refractivity contribution in [2.75, 3.05) is 12.8 Å². The summed E-state index contributed by atoms with van der Waals surface area (Å²) in [5.41, 5.74) is -0.566. The minimum atomic E-state index is -3.79. The molecule has 0 heterocycles. The van der Waals surface area contributed by atoms with Crippen LogP contribution in [0.3, 0.4) is 0 Å². The second-order valence-electron chi connectivity index (χ2n) is 10.8. The minimum Gasteiger partial charge on any atom is -0.381 e. The first-order chi connectivity index (χ1) is 14.5. The smallest absolute Gasteiger partial charge is 0.328 e. The van der Waals surface area contributed by atoms with Gasteiger partial charge in [-0.3, -0.25) is 14.2 Å². The summed E-state index contributed by atoms with van der Waals surface area (Å²) in [7, 11) is -3.79. The van der Waals surface area contributed by atoms with Gasteiger partial charge in [-0.25, -0.2) is 0 Å². The molecule has 1 unspecified atom stereocenters. The van der Waals surface area contributed by atoms with Crippen LogP contribution in [0, 0.1) is 28.6 Å². The van der Waals surface area contributed by atoms with Crippen molar-refractivity contribution in [1.29, 1.82) is 0 Å². The molecule has 6 nitrogen and oxygen atoms in total. The summed E-state index contributed by atoms with van der Waals surface area (Å²) >= 11 is 0. The monoisotopic (exact) mass is 452 g/mol. The molecule has 4 aliphatic carbocycles. The Bertz CT molecular complexity index is 851. The molecular formula is C24H37O6P. The molecule has 0 aromatic carbocycles. The molecule has 4 rings (SSSR count). The number of Topliss-reactive ketones (excluding diaryl/α,β-unsaturated/α-hetero) is 1. The average Bonchev–Trinajstić information content (AvgIpc) is 2.99. The Hall–Kier alpha value is -0.810. The number of ketones is 2. The molecule has 2 N–H and O–H groups in total. The van der Waals surface area contributed by atoms with E-state index in [1.165, 1.54) is 5.57 Å². The molecule has 0 radical (unpaired) electrons.